The van der Waals surface area contributed by atoms with Crippen LogP contribution >= 0.6 is 11.6 Å². The molecule has 2 aromatic carbocycles. The maximum Gasteiger partial charge on any atom is 0.255 e. The third-order valence-electron chi connectivity index (χ3n) is 3.51. The van der Waals surface area contributed by atoms with E-state index in [1.807, 2.05) is 0 Å². The van der Waals surface area contributed by atoms with Crippen molar-refractivity contribution in [3.05, 3.63) is 58.9 Å². The van der Waals surface area contributed by atoms with Gasteiger partial charge in [0.2, 0.25) is 10.0 Å². The number of anilines is 1. The molecule has 1 aliphatic carbocycles. The molecule has 8 heteroatoms. The van der Waals surface area contributed by atoms with Crippen LogP contribution in [0.5, 0.6) is 0 Å². The normalized spacial score (nSPS) is 14.4. The van der Waals surface area contributed by atoms with Gasteiger partial charge in [0.25, 0.3) is 5.91 Å². The quantitative estimate of drug-likeness (QED) is 0.851. The molecule has 1 fully saturated rings. The lowest BCUT2D eigenvalue weighted by atomic mass is 10.2. The van der Waals surface area contributed by atoms with Crippen molar-refractivity contribution in [3.8, 4) is 0 Å². The molecule has 3 rings (SSSR count). The summed E-state index contributed by atoms with van der Waals surface area (Å²) in [5.74, 6) is -1.20. The molecular formula is C16H14ClFN2O3S. The van der Waals surface area contributed by atoms with Gasteiger partial charge in [-0.15, -0.1) is 0 Å². The van der Waals surface area contributed by atoms with Crippen molar-refractivity contribution in [1.29, 1.82) is 0 Å². The number of hydrogen-bond acceptors (Lipinski definition) is 3. The fraction of sp³-hybridized carbons (Fsp3) is 0.188. The van der Waals surface area contributed by atoms with Crippen molar-refractivity contribution in [1.82, 2.24) is 4.72 Å². The fourth-order valence-electron chi connectivity index (χ4n) is 2.06. The Morgan fingerprint density at radius 2 is 1.79 bits per heavy atom. The summed E-state index contributed by atoms with van der Waals surface area (Å²) in [4.78, 5) is 12.2. The SMILES string of the molecule is O=C(Nc1ccc(Cl)cc1F)c1ccc(S(=O)(=O)NC2CC2)cc1. The molecule has 0 aromatic heterocycles. The Balaban J connectivity index is 1.73. The average Bonchev–Trinajstić information content (AvgIpc) is 3.33. The van der Waals surface area contributed by atoms with Crippen LogP contribution < -0.4 is 10.0 Å². The van der Waals surface area contributed by atoms with Crippen molar-refractivity contribution in [2.24, 2.45) is 0 Å². The molecule has 1 amide bonds. The predicted octanol–water partition coefficient (Wildman–Crippen LogP) is 3.17. The Kier molecular flexibility index (Phi) is 4.58. The molecule has 5 nitrogen and oxygen atoms in total. The molecule has 1 aliphatic rings. The minimum absolute atomic E-state index is 0.00324. The van der Waals surface area contributed by atoms with Crippen molar-refractivity contribution >= 4 is 33.2 Å². The van der Waals surface area contributed by atoms with Gasteiger partial charge < -0.3 is 5.32 Å². The van der Waals surface area contributed by atoms with E-state index in [4.69, 9.17) is 11.6 Å². The van der Waals surface area contributed by atoms with Crippen molar-refractivity contribution in [2.45, 2.75) is 23.8 Å². The standard InChI is InChI=1S/C16H14ClFN2O3S/c17-11-3-8-15(14(18)9-11)19-16(21)10-1-6-13(7-2-10)24(22,23)20-12-4-5-12/h1-3,6-9,12,20H,4-5H2,(H,19,21). The van der Waals surface area contributed by atoms with Crippen LogP contribution in [0, 0.1) is 5.82 Å². The first-order chi connectivity index (χ1) is 11.3. The van der Waals surface area contributed by atoms with Crippen LogP contribution in [-0.2, 0) is 10.0 Å². The van der Waals surface area contributed by atoms with E-state index in [0.29, 0.717) is 0 Å². The number of hydrogen-bond donors (Lipinski definition) is 2. The number of halogens is 2. The fourth-order valence-corrected chi connectivity index (χ4v) is 3.52. The highest BCUT2D eigenvalue weighted by atomic mass is 35.5. The van der Waals surface area contributed by atoms with E-state index in [1.54, 1.807) is 0 Å². The molecular weight excluding hydrogens is 355 g/mol. The molecule has 126 valence electrons. The molecule has 0 heterocycles. The summed E-state index contributed by atoms with van der Waals surface area (Å²) in [6, 6.07) is 9.36. The van der Waals surface area contributed by atoms with E-state index in [0.717, 1.165) is 18.9 Å². The van der Waals surface area contributed by atoms with Gasteiger partial charge in [-0.05, 0) is 55.3 Å². The monoisotopic (exact) mass is 368 g/mol. The minimum atomic E-state index is -3.57. The van der Waals surface area contributed by atoms with Crippen LogP contribution in [-0.4, -0.2) is 20.4 Å². The van der Waals surface area contributed by atoms with Gasteiger partial charge in [0.1, 0.15) is 5.82 Å². The lowest BCUT2D eigenvalue weighted by molar-refractivity contribution is 0.102. The van der Waals surface area contributed by atoms with Gasteiger partial charge in [0.05, 0.1) is 10.6 Å². The molecule has 0 saturated heterocycles. The first-order valence-corrected chi connectivity index (χ1v) is 9.10. The number of sulfonamides is 1. The second kappa shape index (κ2) is 6.51. The molecule has 0 spiro atoms. The molecule has 0 atom stereocenters. The Hall–Kier alpha value is -1.96. The first-order valence-electron chi connectivity index (χ1n) is 7.24. The van der Waals surface area contributed by atoms with E-state index >= 15 is 0 Å². The van der Waals surface area contributed by atoms with E-state index in [-0.39, 0.29) is 27.2 Å². The number of carbonyl (C=O) groups excluding carboxylic acids is 1. The summed E-state index contributed by atoms with van der Waals surface area (Å²) in [6.07, 6.45) is 1.68. The van der Waals surface area contributed by atoms with Crippen LogP contribution in [0.4, 0.5) is 10.1 Å². The van der Waals surface area contributed by atoms with Gasteiger partial charge in [0.15, 0.2) is 0 Å². The van der Waals surface area contributed by atoms with E-state index in [2.05, 4.69) is 10.0 Å². The second-order valence-electron chi connectivity index (χ2n) is 5.50. The Morgan fingerprint density at radius 3 is 2.38 bits per heavy atom. The molecule has 1 saturated carbocycles. The lowest BCUT2D eigenvalue weighted by Crippen LogP contribution is -2.25. The van der Waals surface area contributed by atoms with Gasteiger partial charge in [-0.1, -0.05) is 11.6 Å². The van der Waals surface area contributed by atoms with Crippen LogP contribution in [0.25, 0.3) is 0 Å². The summed E-state index contributed by atoms with van der Waals surface area (Å²) in [5.41, 5.74) is 0.214. The maximum atomic E-state index is 13.7. The first kappa shape index (κ1) is 16.9. The van der Waals surface area contributed by atoms with Crippen molar-refractivity contribution in [3.63, 3.8) is 0 Å². The summed E-state index contributed by atoms with van der Waals surface area (Å²) >= 11 is 5.66. The van der Waals surface area contributed by atoms with Crippen LogP contribution in [0.15, 0.2) is 47.4 Å². The molecule has 0 radical (unpaired) electrons. The largest absolute Gasteiger partial charge is 0.319 e. The Bertz CT molecular complexity index is 881. The van der Waals surface area contributed by atoms with Gasteiger partial charge in [-0.2, -0.15) is 0 Å². The van der Waals surface area contributed by atoms with E-state index in [9.17, 15) is 17.6 Å². The topological polar surface area (TPSA) is 75.3 Å². The highest BCUT2D eigenvalue weighted by molar-refractivity contribution is 7.89. The molecule has 24 heavy (non-hydrogen) atoms. The minimum Gasteiger partial charge on any atom is -0.319 e. The smallest absolute Gasteiger partial charge is 0.255 e. The van der Waals surface area contributed by atoms with Gasteiger partial charge in [-0.25, -0.2) is 17.5 Å². The third kappa shape index (κ3) is 3.92. The maximum absolute atomic E-state index is 13.7. The zero-order chi connectivity index (χ0) is 17.3. The van der Waals surface area contributed by atoms with E-state index in [1.165, 1.54) is 36.4 Å². The van der Waals surface area contributed by atoms with E-state index < -0.39 is 21.7 Å². The molecule has 0 unspecified atom stereocenters. The Labute approximate surface area is 143 Å². The third-order valence-corrected chi connectivity index (χ3v) is 5.28. The van der Waals surface area contributed by atoms with Crippen LogP contribution in [0.3, 0.4) is 0 Å². The number of amides is 1. The molecule has 2 aromatic rings. The van der Waals surface area contributed by atoms with Gasteiger partial charge in [-0.3, -0.25) is 4.79 Å². The van der Waals surface area contributed by atoms with Crippen LogP contribution in [0.2, 0.25) is 5.02 Å². The summed E-state index contributed by atoms with van der Waals surface area (Å²) in [6.45, 7) is 0. The van der Waals surface area contributed by atoms with Gasteiger partial charge in [0, 0.05) is 16.6 Å². The van der Waals surface area contributed by atoms with Gasteiger partial charge >= 0.3 is 0 Å². The lowest BCUT2D eigenvalue weighted by Gasteiger charge is -2.08. The predicted molar refractivity (Wildman–Crippen MR) is 89.1 cm³/mol. The van der Waals surface area contributed by atoms with Crippen molar-refractivity contribution in [2.75, 3.05) is 5.32 Å². The highest BCUT2D eigenvalue weighted by Gasteiger charge is 2.28. The number of benzene rings is 2. The zero-order valence-corrected chi connectivity index (χ0v) is 14.0. The Morgan fingerprint density at radius 1 is 1.12 bits per heavy atom. The molecule has 0 aliphatic heterocycles. The van der Waals surface area contributed by atoms with Crippen molar-refractivity contribution < 1.29 is 17.6 Å². The summed E-state index contributed by atoms with van der Waals surface area (Å²) in [7, 11) is -3.57. The van der Waals surface area contributed by atoms with Crippen LogP contribution in [0.1, 0.15) is 23.2 Å². The number of carbonyl (C=O) groups is 1. The molecule has 0 bridgehead atoms. The average molecular weight is 369 g/mol. The number of nitrogens with one attached hydrogen (secondary N) is 2. The highest BCUT2D eigenvalue weighted by Crippen LogP contribution is 2.23. The summed E-state index contributed by atoms with van der Waals surface area (Å²) in [5, 5.41) is 2.64. The number of rotatable bonds is 5. The second-order valence-corrected chi connectivity index (χ2v) is 7.65. The molecule has 2 N–H and O–H groups in total. The summed E-state index contributed by atoms with van der Waals surface area (Å²) < 4.78 is 40.4. The zero-order valence-electron chi connectivity index (χ0n) is 12.4.